The van der Waals surface area contributed by atoms with Crippen molar-refractivity contribution < 1.29 is 0 Å². The highest BCUT2D eigenvalue weighted by Gasteiger charge is 2.13. The fourth-order valence-corrected chi connectivity index (χ4v) is 5.84. The maximum Gasteiger partial charge on any atom is 0.143 e. The van der Waals surface area contributed by atoms with Crippen LogP contribution in [0.4, 0.5) is 0 Å². The van der Waals surface area contributed by atoms with E-state index in [0.29, 0.717) is 0 Å². The number of aromatic nitrogens is 4. The SMILES string of the molecule is c1ccc2sc(-c3ccc4ccc5ccc(-c6nc7ccccc7s6)nc5c4n3)nc2c1. The van der Waals surface area contributed by atoms with Crippen LogP contribution in [0.1, 0.15) is 0 Å². The second kappa shape index (κ2) is 6.88. The van der Waals surface area contributed by atoms with E-state index < -0.39 is 0 Å². The zero-order chi connectivity index (χ0) is 21.1. The van der Waals surface area contributed by atoms with E-state index >= 15 is 0 Å². The van der Waals surface area contributed by atoms with Crippen LogP contribution < -0.4 is 0 Å². The molecule has 4 aromatic heterocycles. The van der Waals surface area contributed by atoms with Crippen LogP contribution in [-0.2, 0) is 0 Å². The molecule has 3 aromatic carbocycles. The molecule has 0 spiro atoms. The van der Waals surface area contributed by atoms with E-state index in [1.54, 1.807) is 22.7 Å². The fourth-order valence-electron chi connectivity index (χ4n) is 3.97. The Morgan fingerprint density at radius 1 is 0.438 bits per heavy atom. The van der Waals surface area contributed by atoms with Crippen molar-refractivity contribution in [2.24, 2.45) is 0 Å². The molecule has 0 saturated carbocycles. The van der Waals surface area contributed by atoms with Crippen molar-refractivity contribution in [3.05, 3.63) is 84.9 Å². The molecule has 0 N–H and O–H groups in total. The average molecular weight is 447 g/mol. The lowest BCUT2D eigenvalue weighted by molar-refractivity contribution is 1.34. The lowest BCUT2D eigenvalue weighted by atomic mass is 10.1. The number of fused-ring (bicyclic) bond motifs is 5. The monoisotopic (exact) mass is 446 g/mol. The molecule has 0 amide bonds. The van der Waals surface area contributed by atoms with Gasteiger partial charge in [-0.2, -0.15) is 0 Å². The van der Waals surface area contributed by atoms with E-state index in [-0.39, 0.29) is 0 Å². The summed E-state index contributed by atoms with van der Waals surface area (Å²) in [7, 11) is 0. The third kappa shape index (κ3) is 2.81. The Morgan fingerprint density at radius 3 is 1.34 bits per heavy atom. The summed E-state index contributed by atoms with van der Waals surface area (Å²) in [6.45, 7) is 0. The predicted molar refractivity (Wildman–Crippen MR) is 134 cm³/mol. The number of rotatable bonds is 2. The Balaban J connectivity index is 1.43. The van der Waals surface area contributed by atoms with Gasteiger partial charge in [0.25, 0.3) is 0 Å². The van der Waals surface area contributed by atoms with Gasteiger partial charge in [0.1, 0.15) is 10.0 Å². The molecule has 0 aliphatic rings. The minimum atomic E-state index is 0.874. The van der Waals surface area contributed by atoms with Crippen LogP contribution in [0.25, 0.3) is 63.6 Å². The minimum absolute atomic E-state index is 0.874. The number of nitrogens with zero attached hydrogens (tertiary/aromatic N) is 4. The maximum atomic E-state index is 5.01. The van der Waals surface area contributed by atoms with Crippen LogP contribution in [0, 0.1) is 0 Å². The summed E-state index contributed by atoms with van der Waals surface area (Å²) in [5, 5.41) is 3.98. The predicted octanol–water partition coefficient (Wildman–Crippen LogP) is 7.34. The normalized spacial score (nSPS) is 11.8. The van der Waals surface area contributed by atoms with E-state index in [1.807, 2.05) is 48.5 Å². The summed E-state index contributed by atoms with van der Waals surface area (Å²) >= 11 is 3.33. The summed E-state index contributed by atoms with van der Waals surface area (Å²) in [6, 6.07) is 28.9. The van der Waals surface area contributed by atoms with Gasteiger partial charge < -0.3 is 0 Å². The van der Waals surface area contributed by atoms with Crippen LogP contribution >= 0.6 is 22.7 Å². The molecule has 7 aromatic rings. The fraction of sp³-hybridized carbons (Fsp3) is 0. The summed E-state index contributed by atoms with van der Waals surface area (Å²) in [4.78, 5) is 19.6. The molecule has 0 saturated heterocycles. The quantitative estimate of drug-likeness (QED) is 0.261. The molecule has 7 rings (SSSR count). The number of benzene rings is 3. The van der Waals surface area contributed by atoms with Crippen LogP contribution in [0.5, 0.6) is 0 Å². The van der Waals surface area contributed by atoms with E-state index in [2.05, 4.69) is 36.4 Å². The highest BCUT2D eigenvalue weighted by molar-refractivity contribution is 7.22. The maximum absolute atomic E-state index is 5.01. The highest BCUT2D eigenvalue weighted by Crippen LogP contribution is 2.33. The van der Waals surface area contributed by atoms with E-state index in [0.717, 1.165) is 54.2 Å². The number of hydrogen-bond donors (Lipinski definition) is 0. The molecule has 4 heterocycles. The lowest BCUT2D eigenvalue weighted by Crippen LogP contribution is -1.90. The summed E-state index contributed by atoms with van der Waals surface area (Å²) in [5.74, 6) is 0. The number of para-hydroxylation sites is 2. The lowest BCUT2D eigenvalue weighted by Gasteiger charge is -2.06. The summed E-state index contributed by atoms with van der Waals surface area (Å²) in [5.41, 5.74) is 5.54. The van der Waals surface area contributed by atoms with Crippen molar-refractivity contribution in [3.63, 3.8) is 0 Å². The van der Waals surface area contributed by atoms with Crippen LogP contribution in [-0.4, -0.2) is 19.9 Å². The first kappa shape index (κ1) is 17.9. The summed E-state index contributed by atoms with van der Waals surface area (Å²) in [6.07, 6.45) is 0. The van der Waals surface area contributed by atoms with Crippen LogP contribution in [0.3, 0.4) is 0 Å². The van der Waals surface area contributed by atoms with Crippen LogP contribution in [0.15, 0.2) is 84.9 Å². The van der Waals surface area contributed by atoms with Gasteiger partial charge in [-0.15, -0.1) is 22.7 Å². The topological polar surface area (TPSA) is 51.6 Å². The first-order chi connectivity index (χ1) is 15.8. The van der Waals surface area contributed by atoms with E-state index in [4.69, 9.17) is 19.9 Å². The van der Waals surface area contributed by atoms with Gasteiger partial charge in [-0.25, -0.2) is 19.9 Å². The van der Waals surface area contributed by atoms with Gasteiger partial charge in [-0.1, -0.05) is 48.5 Å². The number of thiazole rings is 2. The molecule has 32 heavy (non-hydrogen) atoms. The Hall–Kier alpha value is -3.74. The van der Waals surface area contributed by atoms with Gasteiger partial charge >= 0.3 is 0 Å². The van der Waals surface area contributed by atoms with Crippen molar-refractivity contribution >= 4 is 64.9 Å². The van der Waals surface area contributed by atoms with Gasteiger partial charge in [0.05, 0.1) is 42.9 Å². The molecule has 0 fully saturated rings. The molecular weight excluding hydrogens is 432 g/mol. The Kier molecular flexibility index (Phi) is 3.85. The largest absolute Gasteiger partial charge is 0.243 e. The number of hydrogen-bond acceptors (Lipinski definition) is 6. The third-order valence-corrected chi connectivity index (χ3v) is 7.66. The molecular formula is C26H14N4S2. The minimum Gasteiger partial charge on any atom is -0.243 e. The molecule has 0 aliphatic carbocycles. The molecule has 150 valence electrons. The first-order valence-electron chi connectivity index (χ1n) is 10.2. The molecule has 0 aliphatic heterocycles. The molecule has 4 nitrogen and oxygen atoms in total. The second-order valence-corrected chi connectivity index (χ2v) is 9.64. The second-order valence-electron chi connectivity index (χ2n) is 7.58. The molecule has 0 radical (unpaired) electrons. The molecule has 6 heteroatoms. The Bertz CT molecular complexity index is 1600. The van der Waals surface area contributed by atoms with E-state index in [1.165, 1.54) is 9.40 Å². The molecule has 0 unspecified atom stereocenters. The number of pyridine rings is 2. The zero-order valence-electron chi connectivity index (χ0n) is 16.7. The Labute approximate surface area is 190 Å². The first-order valence-corrected chi connectivity index (χ1v) is 11.9. The van der Waals surface area contributed by atoms with Gasteiger partial charge in [-0.05, 0) is 36.4 Å². The zero-order valence-corrected chi connectivity index (χ0v) is 18.3. The van der Waals surface area contributed by atoms with Crippen molar-refractivity contribution in [1.29, 1.82) is 0 Å². The van der Waals surface area contributed by atoms with Gasteiger partial charge in [-0.3, -0.25) is 0 Å². The standard InChI is InChI=1S/C26H14N4S2/c1-3-7-21-17(5-1)29-25(31-21)19-13-11-15-9-10-16-12-14-20(28-24(16)23(15)27-19)26-30-18-6-2-4-8-22(18)32-26/h1-14H. The van der Waals surface area contributed by atoms with Crippen LogP contribution in [0.2, 0.25) is 0 Å². The van der Waals surface area contributed by atoms with Crippen molar-refractivity contribution in [3.8, 4) is 21.4 Å². The molecule has 0 atom stereocenters. The van der Waals surface area contributed by atoms with Gasteiger partial charge in [0.15, 0.2) is 0 Å². The summed E-state index contributed by atoms with van der Waals surface area (Å²) < 4.78 is 2.33. The van der Waals surface area contributed by atoms with Crippen molar-refractivity contribution in [1.82, 2.24) is 19.9 Å². The van der Waals surface area contributed by atoms with Crippen molar-refractivity contribution in [2.45, 2.75) is 0 Å². The smallest absolute Gasteiger partial charge is 0.143 e. The average Bonchev–Trinajstić information content (AvgIpc) is 3.48. The molecule has 0 bridgehead atoms. The Morgan fingerprint density at radius 2 is 0.875 bits per heavy atom. The van der Waals surface area contributed by atoms with E-state index in [9.17, 15) is 0 Å². The highest BCUT2D eigenvalue weighted by atomic mass is 32.1. The van der Waals surface area contributed by atoms with Crippen molar-refractivity contribution in [2.75, 3.05) is 0 Å². The van der Waals surface area contributed by atoms with Gasteiger partial charge in [0, 0.05) is 10.8 Å². The van der Waals surface area contributed by atoms with Gasteiger partial charge in [0.2, 0.25) is 0 Å². The third-order valence-electron chi connectivity index (χ3n) is 5.55.